The molecule has 3 heterocycles. The molecule has 0 spiro atoms. The van der Waals surface area contributed by atoms with Crippen LogP contribution in [0.4, 0.5) is 11.6 Å². The van der Waals surface area contributed by atoms with Crippen molar-refractivity contribution in [3.05, 3.63) is 96.0 Å². The third-order valence-corrected chi connectivity index (χ3v) is 4.98. The third kappa shape index (κ3) is 3.23. The SMILES string of the molecule is O=C(c1ccnc2ccccc12)N(c1ccc(Cl)cc1)c1ncc(-c2ccco2)[nH]1. The van der Waals surface area contributed by atoms with E-state index in [9.17, 15) is 4.79 Å². The second kappa shape index (κ2) is 7.50. The molecule has 6 nitrogen and oxygen atoms in total. The number of nitrogens with zero attached hydrogens (tertiary/aromatic N) is 3. The zero-order chi connectivity index (χ0) is 20.5. The number of anilines is 2. The fourth-order valence-electron chi connectivity index (χ4n) is 3.31. The van der Waals surface area contributed by atoms with Crippen LogP contribution in [0.3, 0.4) is 0 Å². The van der Waals surface area contributed by atoms with E-state index in [0.29, 0.717) is 33.7 Å². The Balaban J connectivity index is 1.64. The number of hydrogen-bond donors (Lipinski definition) is 1. The van der Waals surface area contributed by atoms with Crippen LogP contribution in [-0.2, 0) is 0 Å². The average molecular weight is 415 g/mol. The van der Waals surface area contributed by atoms with Crippen molar-refractivity contribution in [2.45, 2.75) is 0 Å². The monoisotopic (exact) mass is 414 g/mol. The maximum Gasteiger partial charge on any atom is 0.265 e. The number of imidazole rings is 1. The molecule has 1 N–H and O–H groups in total. The molecule has 0 bridgehead atoms. The first-order valence-electron chi connectivity index (χ1n) is 9.23. The largest absolute Gasteiger partial charge is 0.463 e. The number of pyridine rings is 1. The van der Waals surface area contributed by atoms with Gasteiger partial charge in [0.15, 0.2) is 5.76 Å². The van der Waals surface area contributed by atoms with Crippen LogP contribution in [0.1, 0.15) is 10.4 Å². The van der Waals surface area contributed by atoms with Gasteiger partial charge in [-0.15, -0.1) is 0 Å². The number of para-hydroxylation sites is 1. The number of fused-ring (bicyclic) bond motifs is 1. The highest BCUT2D eigenvalue weighted by Gasteiger charge is 2.24. The minimum Gasteiger partial charge on any atom is -0.463 e. The van der Waals surface area contributed by atoms with E-state index in [2.05, 4.69) is 15.0 Å². The average Bonchev–Trinajstić information content (AvgIpc) is 3.47. The van der Waals surface area contributed by atoms with Gasteiger partial charge in [-0.3, -0.25) is 9.78 Å². The Labute approximate surface area is 176 Å². The topological polar surface area (TPSA) is 75.0 Å². The molecule has 0 radical (unpaired) electrons. The van der Waals surface area contributed by atoms with Gasteiger partial charge in [0, 0.05) is 16.6 Å². The van der Waals surface area contributed by atoms with Crippen molar-refractivity contribution in [2.75, 3.05) is 4.90 Å². The molecule has 0 aliphatic heterocycles. The molecular formula is C23H15ClN4O2. The van der Waals surface area contributed by atoms with Crippen LogP contribution in [-0.4, -0.2) is 20.9 Å². The normalized spacial score (nSPS) is 11.0. The molecule has 30 heavy (non-hydrogen) atoms. The van der Waals surface area contributed by atoms with E-state index in [1.54, 1.807) is 55.1 Å². The van der Waals surface area contributed by atoms with Gasteiger partial charge in [-0.1, -0.05) is 29.8 Å². The lowest BCUT2D eigenvalue weighted by Gasteiger charge is -2.21. The van der Waals surface area contributed by atoms with E-state index in [1.807, 2.05) is 30.3 Å². The van der Waals surface area contributed by atoms with Crippen molar-refractivity contribution in [1.82, 2.24) is 15.0 Å². The molecule has 146 valence electrons. The summed E-state index contributed by atoms with van der Waals surface area (Å²) in [6.45, 7) is 0. The molecule has 0 unspecified atom stereocenters. The van der Waals surface area contributed by atoms with Crippen molar-refractivity contribution >= 4 is 40.0 Å². The Morgan fingerprint density at radius 1 is 0.967 bits per heavy atom. The highest BCUT2D eigenvalue weighted by Crippen LogP contribution is 2.30. The molecule has 3 aromatic heterocycles. The van der Waals surface area contributed by atoms with Crippen molar-refractivity contribution in [3.8, 4) is 11.5 Å². The smallest absolute Gasteiger partial charge is 0.265 e. The molecule has 0 aliphatic rings. The van der Waals surface area contributed by atoms with E-state index < -0.39 is 0 Å². The van der Waals surface area contributed by atoms with Crippen molar-refractivity contribution in [3.63, 3.8) is 0 Å². The summed E-state index contributed by atoms with van der Waals surface area (Å²) in [5.74, 6) is 0.762. The van der Waals surface area contributed by atoms with E-state index in [1.165, 1.54) is 4.90 Å². The second-order valence-corrected chi connectivity index (χ2v) is 7.03. The van der Waals surface area contributed by atoms with Gasteiger partial charge >= 0.3 is 0 Å². The highest BCUT2D eigenvalue weighted by atomic mass is 35.5. The number of carbonyl (C=O) groups is 1. The number of amides is 1. The molecule has 0 aliphatic carbocycles. The Bertz CT molecular complexity index is 1320. The molecule has 0 fully saturated rings. The molecule has 5 rings (SSSR count). The summed E-state index contributed by atoms with van der Waals surface area (Å²) in [5, 5.41) is 1.35. The maximum absolute atomic E-state index is 13.7. The molecular weight excluding hydrogens is 400 g/mol. The summed E-state index contributed by atoms with van der Waals surface area (Å²) in [4.78, 5) is 27.2. The van der Waals surface area contributed by atoms with Crippen LogP contribution in [0, 0.1) is 0 Å². The number of nitrogens with one attached hydrogen (secondary N) is 1. The molecule has 7 heteroatoms. The van der Waals surface area contributed by atoms with Crippen molar-refractivity contribution < 1.29 is 9.21 Å². The first kappa shape index (κ1) is 18.1. The highest BCUT2D eigenvalue weighted by molar-refractivity contribution is 6.30. The Morgan fingerprint density at radius 2 is 1.80 bits per heavy atom. The van der Waals surface area contributed by atoms with Gasteiger partial charge < -0.3 is 9.40 Å². The van der Waals surface area contributed by atoms with Crippen LogP contribution in [0.5, 0.6) is 0 Å². The quantitative estimate of drug-likeness (QED) is 0.400. The zero-order valence-electron chi connectivity index (χ0n) is 15.6. The van der Waals surface area contributed by atoms with E-state index >= 15 is 0 Å². The summed E-state index contributed by atoms with van der Waals surface area (Å²) < 4.78 is 5.44. The van der Waals surface area contributed by atoms with Gasteiger partial charge in [0.25, 0.3) is 5.91 Å². The summed E-state index contributed by atoms with van der Waals surface area (Å²) in [6, 6.07) is 19.9. The number of rotatable bonds is 4. The fraction of sp³-hybridized carbons (Fsp3) is 0. The number of H-pyrrole nitrogens is 1. The fourth-order valence-corrected chi connectivity index (χ4v) is 3.44. The van der Waals surface area contributed by atoms with E-state index in [0.717, 1.165) is 10.9 Å². The number of halogens is 1. The summed E-state index contributed by atoms with van der Waals surface area (Å²) in [6.07, 6.45) is 4.85. The van der Waals surface area contributed by atoms with Crippen molar-refractivity contribution in [2.24, 2.45) is 0 Å². The number of benzene rings is 2. The second-order valence-electron chi connectivity index (χ2n) is 6.59. The summed E-state index contributed by atoms with van der Waals surface area (Å²) >= 11 is 6.06. The lowest BCUT2D eigenvalue weighted by molar-refractivity contribution is 0.0999. The van der Waals surface area contributed by atoms with Crippen LogP contribution in [0.2, 0.25) is 5.02 Å². The Morgan fingerprint density at radius 3 is 2.60 bits per heavy atom. The number of furan rings is 1. The number of hydrogen-bond acceptors (Lipinski definition) is 4. The Hall–Kier alpha value is -3.90. The van der Waals surface area contributed by atoms with E-state index in [-0.39, 0.29) is 5.91 Å². The first-order chi connectivity index (χ1) is 14.7. The number of aromatic amines is 1. The van der Waals surface area contributed by atoms with Crippen LogP contribution < -0.4 is 4.90 Å². The van der Waals surface area contributed by atoms with Gasteiger partial charge in [-0.25, -0.2) is 9.88 Å². The van der Waals surface area contributed by atoms with Gasteiger partial charge in [-0.2, -0.15) is 0 Å². The van der Waals surface area contributed by atoms with Gasteiger partial charge in [0.2, 0.25) is 5.95 Å². The molecule has 0 saturated heterocycles. The van der Waals surface area contributed by atoms with Crippen LogP contribution >= 0.6 is 11.6 Å². The lowest BCUT2D eigenvalue weighted by atomic mass is 10.1. The number of carbonyl (C=O) groups excluding carboxylic acids is 1. The van der Waals surface area contributed by atoms with Crippen LogP contribution in [0.15, 0.2) is 89.8 Å². The molecule has 2 aromatic carbocycles. The predicted molar refractivity (Wildman–Crippen MR) is 116 cm³/mol. The number of aromatic nitrogens is 3. The van der Waals surface area contributed by atoms with Gasteiger partial charge in [-0.05, 0) is 48.5 Å². The molecule has 0 atom stereocenters. The molecule has 1 amide bonds. The minimum absolute atomic E-state index is 0.240. The molecule has 5 aromatic rings. The van der Waals surface area contributed by atoms with Crippen LogP contribution in [0.25, 0.3) is 22.4 Å². The lowest BCUT2D eigenvalue weighted by Crippen LogP contribution is -2.27. The zero-order valence-corrected chi connectivity index (χ0v) is 16.4. The van der Waals surface area contributed by atoms with E-state index in [4.69, 9.17) is 16.0 Å². The minimum atomic E-state index is -0.240. The third-order valence-electron chi connectivity index (χ3n) is 4.73. The Kier molecular flexibility index (Phi) is 4.53. The maximum atomic E-state index is 13.7. The first-order valence-corrected chi connectivity index (χ1v) is 9.61. The van der Waals surface area contributed by atoms with Crippen molar-refractivity contribution in [1.29, 1.82) is 0 Å². The predicted octanol–water partition coefficient (Wildman–Crippen LogP) is 5.85. The molecule has 0 saturated carbocycles. The van der Waals surface area contributed by atoms with Gasteiger partial charge in [0.1, 0.15) is 5.69 Å². The van der Waals surface area contributed by atoms with Gasteiger partial charge in [0.05, 0.1) is 29.2 Å². The standard InChI is InChI=1S/C23H15ClN4O2/c24-15-7-9-16(10-8-15)28(23-26-14-20(27-23)21-6-3-13-30-21)22(29)18-11-12-25-19-5-2-1-4-17(18)19/h1-14H,(H,26,27). The summed E-state index contributed by atoms with van der Waals surface area (Å²) in [5.41, 5.74) is 2.56. The summed E-state index contributed by atoms with van der Waals surface area (Å²) in [7, 11) is 0.